The second-order valence-corrected chi connectivity index (χ2v) is 9.47. The summed E-state index contributed by atoms with van der Waals surface area (Å²) in [6.45, 7) is 1.43. The first-order valence-corrected chi connectivity index (χ1v) is 10.8. The average Bonchev–Trinajstić information content (AvgIpc) is 2.97. The van der Waals surface area contributed by atoms with Gasteiger partial charge in [0.1, 0.15) is 0 Å². The average molecular weight is 375 g/mol. The quantitative estimate of drug-likeness (QED) is 0.779. The summed E-state index contributed by atoms with van der Waals surface area (Å²) in [6.07, 6.45) is 1.35. The summed E-state index contributed by atoms with van der Waals surface area (Å²) in [7, 11) is 0.949. The van der Waals surface area contributed by atoms with E-state index in [0.29, 0.717) is 18.5 Å². The molecule has 1 fully saturated rings. The number of nitrogens with zero attached hydrogens (tertiary/aromatic N) is 2. The van der Waals surface area contributed by atoms with Gasteiger partial charge < -0.3 is 9.80 Å². The number of hydrogen-bond acceptors (Lipinski definition) is 4. The Labute approximate surface area is 155 Å². The predicted molar refractivity (Wildman–Crippen MR) is 105 cm³/mol. The summed E-state index contributed by atoms with van der Waals surface area (Å²) < 4.78 is 23.9. The van der Waals surface area contributed by atoms with Crippen molar-refractivity contribution in [3.8, 4) is 0 Å². The lowest BCUT2D eigenvalue weighted by atomic mass is 10.0. The molecule has 0 saturated carbocycles. The van der Waals surface area contributed by atoms with Gasteiger partial charge in [-0.25, -0.2) is 8.42 Å². The Morgan fingerprint density at radius 2 is 1.81 bits per heavy atom. The van der Waals surface area contributed by atoms with Crippen LogP contribution in [0.1, 0.15) is 23.2 Å². The lowest BCUT2D eigenvalue weighted by Crippen LogP contribution is -2.42. The Balaban J connectivity index is 1.90. The van der Waals surface area contributed by atoms with Crippen molar-refractivity contribution in [1.82, 2.24) is 9.80 Å². The maximum atomic E-state index is 13.4. The Bertz CT molecular complexity index is 888. The Kier molecular flexibility index (Phi) is 5.63. The zero-order chi connectivity index (χ0) is 18.7. The lowest BCUT2D eigenvalue weighted by Gasteiger charge is -2.29. The van der Waals surface area contributed by atoms with Gasteiger partial charge in [0.25, 0.3) is 5.91 Å². The molecule has 1 aliphatic heterocycles. The number of carbonyl (C=O) groups is 1. The van der Waals surface area contributed by atoms with Gasteiger partial charge in [0, 0.05) is 18.2 Å². The van der Waals surface area contributed by atoms with Crippen molar-refractivity contribution in [2.75, 3.05) is 38.7 Å². The topological polar surface area (TPSA) is 57.7 Å². The number of amides is 1. The van der Waals surface area contributed by atoms with Crippen LogP contribution < -0.4 is 0 Å². The molecular formula is C20H26N2O3S. The number of hydrogen-bond donors (Lipinski definition) is 0. The molecule has 0 radical (unpaired) electrons. The van der Waals surface area contributed by atoms with Crippen LogP contribution in [0.15, 0.2) is 42.5 Å². The van der Waals surface area contributed by atoms with Crippen LogP contribution in [0.5, 0.6) is 0 Å². The summed E-state index contributed by atoms with van der Waals surface area (Å²) in [5.74, 6) is 0.179. The van der Waals surface area contributed by atoms with Crippen LogP contribution in [0.25, 0.3) is 10.8 Å². The third-order valence-electron chi connectivity index (χ3n) is 4.93. The van der Waals surface area contributed by atoms with E-state index in [2.05, 4.69) is 4.90 Å². The molecule has 26 heavy (non-hydrogen) atoms. The monoisotopic (exact) mass is 374 g/mol. The van der Waals surface area contributed by atoms with Gasteiger partial charge in [-0.05, 0) is 50.3 Å². The van der Waals surface area contributed by atoms with Gasteiger partial charge in [-0.2, -0.15) is 0 Å². The number of benzene rings is 2. The lowest BCUT2D eigenvalue weighted by molar-refractivity contribution is 0.0692. The van der Waals surface area contributed by atoms with Crippen LogP contribution in [0, 0.1) is 0 Å². The SMILES string of the molecule is CN(C)CCCN(C(=O)c1cccc2ccccc12)C1CCS(=O)(=O)C1. The van der Waals surface area contributed by atoms with Crippen molar-refractivity contribution in [3.05, 3.63) is 48.0 Å². The summed E-state index contributed by atoms with van der Waals surface area (Å²) in [4.78, 5) is 17.2. The molecule has 3 rings (SSSR count). The molecule has 5 nitrogen and oxygen atoms in total. The maximum Gasteiger partial charge on any atom is 0.254 e. The van der Waals surface area contributed by atoms with Gasteiger partial charge in [-0.1, -0.05) is 36.4 Å². The van der Waals surface area contributed by atoms with Crippen molar-refractivity contribution in [2.24, 2.45) is 0 Å². The minimum Gasteiger partial charge on any atom is -0.335 e. The number of sulfone groups is 1. The number of rotatable bonds is 6. The summed E-state index contributed by atoms with van der Waals surface area (Å²) >= 11 is 0. The molecule has 0 spiro atoms. The van der Waals surface area contributed by atoms with E-state index >= 15 is 0 Å². The van der Waals surface area contributed by atoms with Crippen LogP contribution in [-0.4, -0.2) is 68.9 Å². The van der Waals surface area contributed by atoms with Gasteiger partial charge in [-0.3, -0.25) is 4.79 Å². The Morgan fingerprint density at radius 1 is 1.08 bits per heavy atom. The van der Waals surface area contributed by atoms with Crippen LogP contribution in [0.2, 0.25) is 0 Å². The molecule has 1 aliphatic rings. The van der Waals surface area contributed by atoms with Gasteiger partial charge in [-0.15, -0.1) is 0 Å². The third-order valence-corrected chi connectivity index (χ3v) is 6.68. The van der Waals surface area contributed by atoms with E-state index < -0.39 is 9.84 Å². The summed E-state index contributed by atoms with van der Waals surface area (Å²) in [5.41, 5.74) is 0.650. The summed E-state index contributed by atoms with van der Waals surface area (Å²) in [6, 6.07) is 13.3. The van der Waals surface area contributed by atoms with E-state index in [4.69, 9.17) is 0 Å². The van der Waals surface area contributed by atoms with Crippen LogP contribution >= 0.6 is 0 Å². The first-order chi connectivity index (χ1) is 12.4. The largest absolute Gasteiger partial charge is 0.335 e. The molecule has 2 aromatic carbocycles. The first kappa shape index (κ1) is 18.9. The molecule has 1 atom stereocenters. The fourth-order valence-electron chi connectivity index (χ4n) is 3.60. The highest BCUT2D eigenvalue weighted by molar-refractivity contribution is 7.91. The van der Waals surface area contributed by atoms with Gasteiger partial charge in [0.2, 0.25) is 0 Å². The molecule has 0 aliphatic carbocycles. The second kappa shape index (κ2) is 7.76. The van der Waals surface area contributed by atoms with Crippen molar-refractivity contribution >= 4 is 26.5 Å². The predicted octanol–water partition coefficient (Wildman–Crippen LogP) is 2.42. The fraction of sp³-hybridized carbons (Fsp3) is 0.450. The van der Waals surface area contributed by atoms with E-state index in [1.54, 1.807) is 4.90 Å². The Morgan fingerprint density at radius 3 is 2.50 bits per heavy atom. The summed E-state index contributed by atoms with van der Waals surface area (Å²) in [5, 5.41) is 1.93. The zero-order valence-electron chi connectivity index (χ0n) is 15.4. The van der Waals surface area contributed by atoms with E-state index in [0.717, 1.165) is 23.7 Å². The minimum atomic E-state index is -3.04. The van der Waals surface area contributed by atoms with Crippen molar-refractivity contribution in [2.45, 2.75) is 18.9 Å². The molecule has 0 bridgehead atoms. The van der Waals surface area contributed by atoms with E-state index in [9.17, 15) is 13.2 Å². The van der Waals surface area contributed by atoms with Crippen LogP contribution in [0.4, 0.5) is 0 Å². The minimum absolute atomic E-state index is 0.0670. The van der Waals surface area contributed by atoms with Crippen LogP contribution in [0.3, 0.4) is 0 Å². The molecule has 2 aromatic rings. The molecule has 1 amide bonds. The highest BCUT2D eigenvalue weighted by Crippen LogP contribution is 2.24. The molecule has 0 N–H and O–H groups in total. The van der Waals surface area contributed by atoms with Crippen LogP contribution in [-0.2, 0) is 9.84 Å². The van der Waals surface area contributed by atoms with E-state index in [1.807, 2.05) is 56.6 Å². The van der Waals surface area contributed by atoms with Crippen molar-refractivity contribution in [1.29, 1.82) is 0 Å². The highest BCUT2D eigenvalue weighted by Gasteiger charge is 2.35. The standard InChI is InChI=1S/C20H26N2O3S/c1-21(2)12-6-13-22(17-11-14-26(24,25)15-17)20(23)19-10-5-8-16-7-3-4-9-18(16)19/h3-5,7-10,17H,6,11-15H2,1-2H3. The van der Waals surface area contributed by atoms with Crippen molar-refractivity contribution in [3.63, 3.8) is 0 Å². The van der Waals surface area contributed by atoms with Crippen molar-refractivity contribution < 1.29 is 13.2 Å². The third kappa shape index (κ3) is 4.24. The fourth-order valence-corrected chi connectivity index (χ4v) is 5.33. The molecular weight excluding hydrogens is 348 g/mol. The zero-order valence-corrected chi connectivity index (χ0v) is 16.2. The van der Waals surface area contributed by atoms with E-state index in [1.165, 1.54) is 0 Å². The maximum absolute atomic E-state index is 13.4. The first-order valence-electron chi connectivity index (χ1n) is 9.01. The molecule has 140 valence electrons. The van der Waals surface area contributed by atoms with Gasteiger partial charge in [0.05, 0.1) is 11.5 Å². The van der Waals surface area contributed by atoms with Gasteiger partial charge in [0.15, 0.2) is 9.84 Å². The molecule has 6 heteroatoms. The smallest absolute Gasteiger partial charge is 0.254 e. The molecule has 0 aromatic heterocycles. The Hall–Kier alpha value is -1.92. The number of carbonyl (C=O) groups excluding carboxylic acids is 1. The normalized spacial score (nSPS) is 19.1. The van der Waals surface area contributed by atoms with E-state index in [-0.39, 0.29) is 23.5 Å². The molecule has 1 saturated heterocycles. The molecule has 1 heterocycles. The molecule has 1 unspecified atom stereocenters. The van der Waals surface area contributed by atoms with Gasteiger partial charge >= 0.3 is 0 Å². The highest BCUT2D eigenvalue weighted by atomic mass is 32.2. The number of fused-ring (bicyclic) bond motifs is 1. The second-order valence-electron chi connectivity index (χ2n) is 7.24.